The molecule has 0 saturated heterocycles. The van der Waals surface area contributed by atoms with Crippen LogP contribution < -0.4 is 5.32 Å². The molecule has 16 nitrogen and oxygen atoms in total. The first kappa shape index (κ1) is 43.8. The number of benzene rings is 3. The number of para-hydroxylation sites is 1. The zero-order valence-electron chi connectivity index (χ0n) is 31.8. The van der Waals surface area contributed by atoms with Gasteiger partial charge in [0.1, 0.15) is 11.9 Å². The summed E-state index contributed by atoms with van der Waals surface area (Å²) in [6.07, 6.45) is -5.23. The monoisotopic (exact) mass is 794 g/mol. The Balaban J connectivity index is 1.44. The third kappa shape index (κ3) is 13.1. The molecule has 1 heterocycles. The molecule has 4 rings (SSSR count). The van der Waals surface area contributed by atoms with Crippen molar-refractivity contribution in [3.63, 3.8) is 0 Å². The fraction of sp³-hybridized carbons (Fsp3) is 0.400. The van der Waals surface area contributed by atoms with Gasteiger partial charge in [0.15, 0.2) is 6.10 Å². The van der Waals surface area contributed by atoms with Crippen LogP contribution in [0.25, 0.3) is 22.4 Å². The lowest BCUT2D eigenvalue weighted by atomic mass is 9.94. The molecule has 0 spiro atoms. The lowest BCUT2D eigenvalue weighted by Gasteiger charge is -2.20. The van der Waals surface area contributed by atoms with Crippen LogP contribution in [0, 0.1) is 26.0 Å². The second-order valence-corrected chi connectivity index (χ2v) is 13.6. The molecule has 0 radical (unpaired) electrons. The number of anilines is 1. The minimum Gasteiger partial charge on any atom is -0.466 e. The molecule has 1 amide bonds. The number of carbonyl (C=O) groups excluding carboxylic acids is 2. The number of aromatic nitrogens is 1. The Morgan fingerprint density at radius 3 is 2.09 bits per heavy atom. The Morgan fingerprint density at radius 1 is 0.842 bits per heavy atom. The van der Waals surface area contributed by atoms with Crippen LogP contribution in [0.2, 0.25) is 0 Å². The van der Waals surface area contributed by atoms with Crippen LogP contribution in [0.1, 0.15) is 68.4 Å². The zero-order valence-corrected chi connectivity index (χ0v) is 31.8. The Kier molecular flexibility index (Phi) is 16.5. The van der Waals surface area contributed by atoms with Crippen LogP contribution >= 0.6 is 0 Å². The first-order valence-electron chi connectivity index (χ1n) is 18.4. The molecule has 0 aliphatic carbocycles. The number of nitrogens with one attached hydrogen (secondary N) is 1. The van der Waals surface area contributed by atoms with E-state index in [1.54, 1.807) is 24.3 Å². The van der Waals surface area contributed by atoms with E-state index < -0.39 is 59.4 Å². The fourth-order valence-corrected chi connectivity index (χ4v) is 6.37. The average molecular weight is 795 g/mol. The number of aliphatic hydroxyl groups is 2. The standard InChI is InChI=1S/C40H47FN4O12/c1-26(2)38-37(40(49)42-31-13-8-5-9-14-31)36(28-11-6-4-7-12-28)39(29-15-17-30(41)18-16-29)43(38)20-19-32(46)23-33(47)24-35(48)55-22-10-21-54-25-34(57-45(52)53)27(3)56-44(50)51/h4-9,11-18,26-27,32-34,46-47H,10,19-25H2,1-3H3,(H,42,49)/t27?,32-,33-,34?/m1/s1. The molecule has 0 aliphatic rings. The number of carbonyl (C=O) groups is 2. The summed E-state index contributed by atoms with van der Waals surface area (Å²) in [5, 5.41) is 43.8. The third-order valence-corrected chi connectivity index (χ3v) is 8.90. The molecular weight excluding hydrogens is 747 g/mol. The van der Waals surface area contributed by atoms with E-state index in [0.717, 1.165) is 5.56 Å². The SMILES string of the molecule is CC(C)c1c(C(=O)Nc2ccccc2)c(-c2ccccc2)c(-c2ccc(F)cc2)n1CC[C@@H](O)C[C@@H](O)CC(=O)OCCCOCC(O[N+](=O)[O-])C(C)O[N+](=O)[O-]. The van der Waals surface area contributed by atoms with Gasteiger partial charge in [-0.05, 0) is 73.2 Å². The number of hydrogen-bond acceptors (Lipinski definition) is 12. The minimum absolute atomic E-state index is 0.0312. The number of halogens is 1. The third-order valence-electron chi connectivity index (χ3n) is 8.90. The van der Waals surface area contributed by atoms with Crippen LogP contribution in [0.3, 0.4) is 0 Å². The van der Waals surface area contributed by atoms with Gasteiger partial charge in [-0.25, -0.2) is 4.39 Å². The second-order valence-electron chi connectivity index (χ2n) is 13.6. The van der Waals surface area contributed by atoms with Crippen molar-refractivity contribution >= 4 is 17.6 Å². The lowest BCUT2D eigenvalue weighted by Crippen LogP contribution is -2.36. The molecule has 17 heteroatoms. The zero-order chi connectivity index (χ0) is 41.5. The summed E-state index contributed by atoms with van der Waals surface area (Å²) >= 11 is 0. The number of amides is 1. The van der Waals surface area contributed by atoms with Crippen molar-refractivity contribution in [1.82, 2.24) is 4.57 Å². The van der Waals surface area contributed by atoms with Gasteiger partial charge in [-0.2, -0.15) is 0 Å². The van der Waals surface area contributed by atoms with Gasteiger partial charge in [-0.15, -0.1) is 20.2 Å². The minimum atomic E-state index is -1.37. The highest BCUT2D eigenvalue weighted by atomic mass is 19.1. The number of hydrogen-bond donors (Lipinski definition) is 3. The maximum atomic E-state index is 14.2. The Labute approximate surface area is 328 Å². The van der Waals surface area contributed by atoms with Crippen molar-refractivity contribution in [2.24, 2.45) is 0 Å². The smallest absolute Gasteiger partial charge is 0.308 e. The normalized spacial score (nSPS) is 13.3. The molecule has 0 fully saturated rings. The van der Waals surface area contributed by atoms with Gasteiger partial charge < -0.3 is 39.2 Å². The Morgan fingerprint density at radius 2 is 1.47 bits per heavy atom. The first-order chi connectivity index (χ1) is 27.2. The van der Waals surface area contributed by atoms with Crippen LogP contribution in [-0.2, 0) is 30.5 Å². The second kappa shape index (κ2) is 21.4. The summed E-state index contributed by atoms with van der Waals surface area (Å²) in [5.41, 5.74) is 4.46. The highest BCUT2D eigenvalue weighted by Gasteiger charge is 2.31. The van der Waals surface area contributed by atoms with Crippen LogP contribution in [0.4, 0.5) is 10.1 Å². The van der Waals surface area contributed by atoms with E-state index in [1.807, 2.05) is 66.9 Å². The van der Waals surface area contributed by atoms with Crippen molar-refractivity contribution in [3.8, 4) is 22.4 Å². The molecule has 2 unspecified atom stereocenters. The van der Waals surface area contributed by atoms with Crippen LogP contribution in [0.15, 0.2) is 84.9 Å². The van der Waals surface area contributed by atoms with Gasteiger partial charge in [0.2, 0.25) is 0 Å². The molecule has 4 atom stereocenters. The maximum absolute atomic E-state index is 14.2. The Bertz CT molecular complexity index is 1930. The van der Waals surface area contributed by atoms with E-state index in [9.17, 15) is 44.4 Å². The van der Waals surface area contributed by atoms with Gasteiger partial charge in [-0.3, -0.25) is 9.59 Å². The van der Waals surface area contributed by atoms with Crippen molar-refractivity contribution in [3.05, 3.63) is 122 Å². The molecule has 1 aromatic heterocycles. The number of aliphatic hydroxyl groups excluding tert-OH is 2. The van der Waals surface area contributed by atoms with E-state index in [1.165, 1.54) is 19.1 Å². The number of esters is 1. The summed E-state index contributed by atoms with van der Waals surface area (Å²) < 4.78 is 26.6. The molecule has 0 saturated carbocycles. The predicted molar refractivity (Wildman–Crippen MR) is 205 cm³/mol. The van der Waals surface area contributed by atoms with Crippen LogP contribution in [-0.4, -0.2) is 81.1 Å². The fourth-order valence-electron chi connectivity index (χ4n) is 6.37. The molecule has 57 heavy (non-hydrogen) atoms. The predicted octanol–water partition coefficient (Wildman–Crippen LogP) is 6.35. The molecule has 0 aliphatic heterocycles. The maximum Gasteiger partial charge on any atom is 0.308 e. The highest BCUT2D eigenvalue weighted by Crippen LogP contribution is 2.42. The van der Waals surface area contributed by atoms with Gasteiger partial charge in [0, 0.05) is 36.5 Å². The van der Waals surface area contributed by atoms with E-state index in [4.69, 9.17) is 9.47 Å². The molecular formula is C40H47FN4O12. The first-order valence-corrected chi connectivity index (χ1v) is 18.4. The summed E-state index contributed by atoms with van der Waals surface area (Å²) in [5.74, 6) is -1.67. The van der Waals surface area contributed by atoms with E-state index in [-0.39, 0.29) is 50.8 Å². The van der Waals surface area contributed by atoms with Crippen molar-refractivity contribution in [2.75, 3.05) is 25.1 Å². The number of rotatable bonds is 23. The number of ether oxygens (including phenoxy) is 2. The number of nitrogens with zero attached hydrogens (tertiary/aromatic N) is 3. The molecule has 3 aromatic carbocycles. The molecule has 3 N–H and O–H groups in total. The summed E-state index contributed by atoms with van der Waals surface area (Å²) in [6.45, 7) is 4.80. The summed E-state index contributed by atoms with van der Waals surface area (Å²) in [6, 6.07) is 24.4. The van der Waals surface area contributed by atoms with E-state index >= 15 is 0 Å². The van der Waals surface area contributed by atoms with E-state index in [0.29, 0.717) is 33.8 Å². The molecule has 4 aromatic rings. The summed E-state index contributed by atoms with van der Waals surface area (Å²) in [7, 11) is 0. The molecule has 306 valence electrons. The van der Waals surface area contributed by atoms with Crippen molar-refractivity contribution in [2.45, 2.75) is 83.3 Å². The van der Waals surface area contributed by atoms with Gasteiger partial charge >= 0.3 is 5.97 Å². The Hall–Kier alpha value is -5.91. The van der Waals surface area contributed by atoms with Gasteiger partial charge in [-0.1, -0.05) is 62.4 Å². The van der Waals surface area contributed by atoms with Crippen molar-refractivity contribution in [1.29, 1.82) is 0 Å². The topological polar surface area (TPSA) is 215 Å². The van der Waals surface area contributed by atoms with Gasteiger partial charge in [0.05, 0.1) is 43.1 Å². The largest absolute Gasteiger partial charge is 0.466 e. The highest BCUT2D eigenvalue weighted by molar-refractivity contribution is 6.12. The quantitative estimate of drug-likeness (QED) is 0.0324. The summed E-state index contributed by atoms with van der Waals surface area (Å²) in [4.78, 5) is 56.6. The van der Waals surface area contributed by atoms with Crippen LogP contribution in [0.5, 0.6) is 0 Å². The van der Waals surface area contributed by atoms with E-state index in [2.05, 4.69) is 15.0 Å². The van der Waals surface area contributed by atoms with Crippen molar-refractivity contribution < 1.29 is 53.5 Å². The average Bonchev–Trinajstić information content (AvgIpc) is 3.51. The lowest BCUT2D eigenvalue weighted by molar-refractivity contribution is -0.798. The van der Waals surface area contributed by atoms with Gasteiger partial charge in [0.25, 0.3) is 16.1 Å². The molecule has 0 bridgehead atoms.